The van der Waals surface area contributed by atoms with Gasteiger partial charge in [-0.2, -0.15) is 0 Å². The molecule has 0 heterocycles. The van der Waals surface area contributed by atoms with Gasteiger partial charge in [-0.1, -0.05) is 30.3 Å². The first-order valence-corrected chi connectivity index (χ1v) is 14.9. The summed E-state index contributed by atoms with van der Waals surface area (Å²) in [5.41, 5.74) is 4.83. The van der Waals surface area contributed by atoms with Crippen molar-refractivity contribution in [1.82, 2.24) is 10.6 Å². The smallest absolute Gasteiger partial charge is 0.229 e. The fourth-order valence-electron chi connectivity index (χ4n) is 4.64. The van der Waals surface area contributed by atoms with Gasteiger partial charge in [-0.3, -0.25) is 9.52 Å². The van der Waals surface area contributed by atoms with Crippen molar-refractivity contribution in [3.63, 3.8) is 0 Å². The van der Waals surface area contributed by atoms with Crippen LogP contribution in [0.25, 0.3) is 0 Å². The Morgan fingerprint density at radius 3 is 2.27 bits per heavy atom. The molecule has 0 saturated carbocycles. The third kappa shape index (κ3) is 9.25. The van der Waals surface area contributed by atoms with E-state index in [1.165, 1.54) is 12.1 Å². The number of carbonyl (C=O) groups is 1. The molecule has 0 spiro atoms. The summed E-state index contributed by atoms with van der Waals surface area (Å²) in [6.45, 7) is 8.43. The van der Waals surface area contributed by atoms with Gasteiger partial charge in [-0.25, -0.2) is 8.42 Å². The number of phenols is 2. The summed E-state index contributed by atoms with van der Waals surface area (Å²) in [4.78, 5) is 12.7. The summed E-state index contributed by atoms with van der Waals surface area (Å²) >= 11 is 0. The zero-order valence-electron chi connectivity index (χ0n) is 23.6. The van der Waals surface area contributed by atoms with Crippen LogP contribution in [0.2, 0.25) is 0 Å². The molecule has 0 aromatic heterocycles. The van der Waals surface area contributed by atoms with Crippen molar-refractivity contribution < 1.29 is 28.5 Å². The van der Waals surface area contributed by atoms with E-state index >= 15 is 0 Å². The Morgan fingerprint density at radius 2 is 1.62 bits per heavy atom. The highest BCUT2D eigenvalue weighted by Gasteiger charge is 2.21. The number of aromatic hydroxyl groups is 2. The fourth-order valence-corrected chi connectivity index (χ4v) is 5.20. The third-order valence-electron chi connectivity index (χ3n) is 6.62. The molecule has 40 heavy (non-hydrogen) atoms. The van der Waals surface area contributed by atoms with Crippen LogP contribution in [-0.4, -0.2) is 48.0 Å². The van der Waals surface area contributed by atoms with Crippen molar-refractivity contribution in [3.05, 3.63) is 88.0 Å². The van der Waals surface area contributed by atoms with Gasteiger partial charge in [0.15, 0.2) is 0 Å². The molecule has 9 nitrogen and oxygen atoms in total. The van der Waals surface area contributed by atoms with E-state index in [2.05, 4.69) is 15.4 Å². The Balaban J connectivity index is 1.57. The van der Waals surface area contributed by atoms with Crippen LogP contribution in [0.1, 0.15) is 53.3 Å². The number of hydrogen-bond acceptors (Lipinski definition) is 7. The Morgan fingerprint density at radius 1 is 0.975 bits per heavy atom. The second kappa shape index (κ2) is 12.7. The first-order valence-electron chi connectivity index (χ1n) is 13.0. The number of aliphatic hydroxyl groups is 1. The lowest BCUT2D eigenvalue weighted by molar-refractivity contribution is -0.120. The highest BCUT2D eigenvalue weighted by Crippen LogP contribution is 2.28. The predicted octanol–water partition coefficient (Wildman–Crippen LogP) is 3.59. The molecule has 3 aromatic rings. The normalized spacial score (nSPS) is 12.7. The highest BCUT2D eigenvalue weighted by atomic mass is 32.2. The van der Waals surface area contributed by atoms with E-state index in [4.69, 9.17) is 0 Å². The molecule has 216 valence electrons. The van der Waals surface area contributed by atoms with E-state index in [0.29, 0.717) is 18.5 Å². The van der Waals surface area contributed by atoms with Crippen molar-refractivity contribution in [2.24, 2.45) is 0 Å². The van der Waals surface area contributed by atoms with E-state index in [-0.39, 0.29) is 36.1 Å². The number of nitrogens with one attached hydrogen (secondary N) is 3. The van der Waals surface area contributed by atoms with Gasteiger partial charge in [0.05, 0.1) is 24.5 Å². The zero-order chi connectivity index (χ0) is 29.7. The van der Waals surface area contributed by atoms with Gasteiger partial charge >= 0.3 is 0 Å². The standard InChI is InChI=1S/C30H39N3O6S/c1-19-11-24(34)12-20(2)25(19)17-31-29(37)14-21-7-6-8-22(13-21)16-30(3,4)32-18-28(36)23-9-10-27(35)26(15-23)33-40(5,38)39/h6-13,15,28,32-36H,14,16-18H2,1-5H3,(H,31,37)/t28-/m1/s1. The van der Waals surface area contributed by atoms with Crippen LogP contribution >= 0.6 is 0 Å². The summed E-state index contributed by atoms with van der Waals surface area (Å²) in [5, 5.41) is 36.7. The van der Waals surface area contributed by atoms with Gasteiger partial charge in [0, 0.05) is 18.6 Å². The molecule has 0 radical (unpaired) electrons. The molecule has 1 amide bonds. The number of sulfonamides is 1. The first kappa shape index (κ1) is 30.9. The van der Waals surface area contributed by atoms with Crippen molar-refractivity contribution in [2.45, 2.75) is 58.7 Å². The molecule has 3 rings (SSSR count). The monoisotopic (exact) mass is 569 g/mol. The number of anilines is 1. The minimum Gasteiger partial charge on any atom is -0.508 e. The van der Waals surface area contributed by atoms with E-state index in [1.807, 2.05) is 52.0 Å². The Hall–Kier alpha value is -3.60. The van der Waals surface area contributed by atoms with Crippen LogP contribution in [0.15, 0.2) is 54.6 Å². The van der Waals surface area contributed by atoms with Crippen molar-refractivity contribution in [3.8, 4) is 11.5 Å². The number of aliphatic hydroxyl groups excluding tert-OH is 1. The average molecular weight is 570 g/mol. The molecule has 1 atom stereocenters. The topological polar surface area (TPSA) is 148 Å². The molecule has 0 aliphatic heterocycles. The molecule has 0 aliphatic rings. The lowest BCUT2D eigenvalue weighted by Gasteiger charge is -2.28. The van der Waals surface area contributed by atoms with Crippen LogP contribution in [-0.2, 0) is 34.2 Å². The molecule has 0 unspecified atom stereocenters. The minimum atomic E-state index is -3.59. The quantitative estimate of drug-likeness (QED) is 0.183. The molecule has 0 fully saturated rings. The number of benzene rings is 3. The lowest BCUT2D eigenvalue weighted by atomic mass is 9.93. The van der Waals surface area contributed by atoms with Gasteiger partial charge < -0.3 is 26.0 Å². The van der Waals surface area contributed by atoms with E-state index < -0.39 is 21.7 Å². The van der Waals surface area contributed by atoms with Crippen LogP contribution in [0.3, 0.4) is 0 Å². The molecule has 0 bridgehead atoms. The van der Waals surface area contributed by atoms with Gasteiger partial charge in [-0.05, 0) is 91.8 Å². The summed E-state index contributed by atoms with van der Waals surface area (Å²) in [7, 11) is -3.59. The third-order valence-corrected chi connectivity index (χ3v) is 7.21. The molecule has 10 heteroatoms. The van der Waals surface area contributed by atoms with E-state index in [0.717, 1.165) is 34.1 Å². The number of β-amino-alcohol motifs (C(OH)–C–C–N with tert-alkyl or cyclic N) is 1. The van der Waals surface area contributed by atoms with Crippen molar-refractivity contribution in [1.29, 1.82) is 0 Å². The average Bonchev–Trinajstić information content (AvgIpc) is 2.82. The lowest BCUT2D eigenvalue weighted by Crippen LogP contribution is -2.43. The number of amides is 1. The van der Waals surface area contributed by atoms with Crippen LogP contribution in [0.5, 0.6) is 11.5 Å². The summed E-state index contributed by atoms with van der Waals surface area (Å²) in [6.07, 6.45) is 0.926. The molecule has 0 saturated heterocycles. The SMILES string of the molecule is Cc1cc(O)cc(C)c1CNC(=O)Cc1cccc(CC(C)(C)NC[C@@H](O)c2ccc(O)c(NS(C)(=O)=O)c2)c1. The van der Waals surface area contributed by atoms with E-state index in [1.54, 1.807) is 18.2 Å². The van der Waals surface area contributed by atoms with Gasteiger partial charge in [0.2, 0.25) is 15.9 Å². The zero-order valence-corrected chi connectivity index (χ0v) is 24.4. The minimum absolute atomic E-state index is 0.00694. The molecular weight excluding hydrogens is 530 g/mol. The van der Waals surface area contributed by atoms with Crippen molar-refractivity contribution >= 4 is 21.6 Å². The van der Waals surface area contributed by atoms with Gasteiger partial charge in [-0.15, -0.1) is 0 Å². The fraction of sp³-hybridized carbons (Fsp3) is 0.367. The van der Waals surface area contributed by atoms with Gasteiger partial charge in [0.1, 0.15) is 11.5 Å². The summed E-state index contributed by atoms with van der Waals surface area (Å²) in [6, 6.07) is 15.5. The maximum absolute atomic E-state index is 12.7. The summed E-state index contributed by atoms with van der Waals surface area (Å²) in [5.74, 6) is -0.109. The van der Waals surface area contributed by atoms with Crippen molar-refractivity contribution in [2.75, 3.05) is 17.5 Å². The first-order chi connectivity index (χ1) is 18.6. The predicted molar refractivity (Wildman–Crippen MR) is 157 cm³/mol. The number of rotatable bonds is 12. The molecule has 3 aromatic carbocycles. The molecular formula is C30H39N3O6S. The number of phenolic OH excluding ortho intramolecular Hbond substituents is 2. The van der Waals surface area contributed by atoms with Crippen LogP contribution in [0, 0.1) is 13.8 Å². The maximum atomic E-state index is 12.7. The van der Waals surface area contributed by atoms with E-state index in [9.17, 15) is 28.5 Å². The summed E-state index contributed by atoms with van der Waals surface area (Å²) < 4.78 is 25.3. The Bertz CT molecular complexity index is 1450. The number of hydrogen-bond donors (Lipinski definition) is 6. The number of aryl methyl sites for hydroxylation is 2. The second-order valence-corrected chi connectivity index (χ2v) is 12.7. The Kier molecular flexibility index (Phi) is 9.83. The number of carbonyl (C=O) groups excluding carboxylic acids is 1. The Labute approximate surface area is 236 Å². The largest absolute Gasteiger partial charge is 0.508 e. The molecule has 0 aliphatic carbocycles. The highest BCUT2D eigenvalue weighted by molar-refractivity contribution is 7.92. The molecule has 6 N–H and O–H groups in total. The second-order valence-electron chi connectivity index (χ2n) is 10.9. The van der Waals surface area contributed by atoms with Gasteiger partial charge in [0.25, 0.3) is 0 Å². The van der Waals surface area contributed by atoms with Crippen LogP contribution < -0.4 is 15.4 Å². The van der Waals surface area contributed by atoms with Crippen LogP contribution in [0.4, 0.5) is 5.69 Å². The maximum Gasteiger partial charge on any atom is 0.229 e.